The molecular weight excluding hydrogens is 284 g/mol. The smallest absolute Gasteiger partial charge is 0.252 e. The molecule has 2 N–H and O–H groups in total. The van der Waals surface area contributed by atoms with Gasteiger partial charge in [-0.05, 0) is 39.9 Å². The molecule has 5 heteroatoms. The van der Waals surface area contributed by atoms with Crippen LogP contribution >= 0.6 is 11.3 Å². The SMILES string of the molecule is CC(C)N(C)CCCNC(=O)c1csc(C#CCCO)c1. The lowest BCUT2D eigenvalue weighted by Crippen LogP contribution is -2.31. The normalized spacial score (nSPS) is 10.6. The largest absolute Gasteiger partial charge is 0.395 e. The van der Waals surface area contributed by atoms with Gasteiger partial charge >= 0.3 is 0 Å². The topological polar surface area (TPSA) is 52.6 Å². The van der Waals surface area contributed by atoms with Crippen LogP contribution in [0.3, 0.4) is 0 Å². The third kappa shape index (κ3) is 6.76. The van der Waals surface area contributed by atoms with E-state index in [4.69, 9.17) is 5.11 Å². The highest BCUT2D eigenvalue weighted by atomic mass is 32.1. The average molecular weight is 308 g/mol. The molecule has 0 aliphatic rings. The van der Waals surface area contributed by atoms with E-state index in [0.717, 1.165) is 17.8 Å². The average Bonchev–Trinajstić information content (AvgIpc) is 2.92. The number of amides is 1. The molecule has 1 rings (SSSR count). The van der Waals surface area contributed by atoms with Gasteiger partial charge in [-0.3, -0.25) is 4.79 Å². The summed E-state index contributed by atoms with van der Waals surface area (Å²) in [6, 6.07) is 2.32. The summed E-state index contributed by atoms with van der Waals surface area (Å²) in [4.78, 5) is 15.1. The minimum absolute atomic E-state index is 0.0475. The van der Waals surface area contributed by atoms with Gasteiger partial charge in [-0.25, -0.2) is 0 Å². The number of carbonyl (C=O) groups is 1. The van der Waals surface area contributed by atoms with Crippen LogP contribution in [0.4, 0.5) is 0 Å². The van der Waals surface area contributed by atoms with Crippen molar-refractivity contribution >= 4 is 17.2 Å². The van der Waals surface area contributed by atoms with Gasteiger partial charge in [0.1, 0.15) is 0 Å². The van der Waals surface area contributed by atoms with Gasteiger partial charge in [0.2, 0.25) is 0 Å². The monoisotopic (exact) mass is 308 g/mol. The maximum absolute atomic E-state index is 12.0. The molecule has 0 fully saturated rings. The second-order valence-corrected chi connectivity index (χ2v) is 6.07. The van der Waals surface area contributed by atoms with Gasteiger partial charge in [0.25, 0.3) is 5.91 Å². The molecular formula is C16H24N2O2S. The molecule has 0 bridgehead atoms. The third-order valence-corrected chi connectivity index (χ3v) is 4.01. The van der Waals surface area contributed by atoms with Crippen LogP contribution in [0.2, 0.25) is 0 Å². The van der Waals surface area contributed by atoms with Crippen LogP contribution < -0.4 is 5.32 Å². The Labute approximate surface area is 131 Å². The Kier molecular flexibility index (Phi) is 8.06. The molecule has 0 aliphatic heterocycles. The molecule has 1 aromatic rings. The molecule has 1 amide bonds. The zero-order valence-electron chi connectivity index (χ0n) is 13.0. The van der Waals surface area contributed by atoms with Crippen LogP contribution in [-0.2, 0) is 0 Å². The summed E-state index contributed by atoms with van der Waals surface area (Å²) < 4.78 is 0. The van der Waals surface area contributed by atoms with Crippen molar-refractivity contribution in [3.63, 3.8) is 0 Å². The van der Waals surface area contributed by atoms with Gasteiger partial charge in [0.05, 0.1) is 17.0 Å². The van der Waals surface area contributed by atoms with E-state index in [9.17, 15) is 4.79 Å². The zero-order chi connectivity index (χ0) is 15.7. The standard InChI is InChI=1S/C16H24N2O2S/c1-13(2)18(3)9-6-8-17-16(20)14-11-15(21-12-14)7-4-5-10-19/h11-13,19H,5-6,8-10H2,1-3H3,(H,17,20). The second kappa shape index (κ2) is 9.56. The number of thiophene rings is 1. The fraction of sp³-hybridized carbons (Fsp3) is 0.562. The van der Waals surface area contributed by atoms with E-state index in [1.807, 2.05) is 5.38 Å². The summed E-state index contributed by atoms with van der Waals surface area (Å²) >= 11 is 1.45. The van der Waals surface area contributed by atoms with Crippen LogP contribution in [0.25, 0.3) is 0 Å². The van der Waals surface area contributed by atoms with Crippen LogP contribution in [0.1, 0.15) is 41.9 Å². The molecule has 0 aromatic carbocycles. The highest BCUT2D eigenvalue weighted by Gasteiger charge is 2.08. The molecule has 116 valence electrons. The maximum Gasteiger partial charge on any atom is 0.252 e. The minimum Gasteiger partial charge on any atom is -0.395 e. The van der Waals surface area contributed by atoms with Crippen molar-refractivity contribution in [2.24, 2.45) is 0 Å². The number of aliphatic hydroxyl groups excluding tert-OH is 1. The van der Waals surface area contributed by atoms with Crippen LogP contribution in [0, 0.1) is 11.8 Å². The molecule has 0 spiro atoms. The quantitative estimate of drug-likeness (QED) is 0.598. The summed E-state index contributed by atoms with van der Waals surface area (Å²) in [7, 11) is 2.09. The summed E-state index contributed by atoms with van der Waals surface area (Å²) in [5.41, 5.74) is 0.658. The number of carbonyl (C=O) groups excluding carboxylic acids is 1. The van der Waals surface area contributed by atoms with Crippen molar-refractivity contribution in [2.75, 3.05) is 26.7 Å². The van der Waals surface area contributed by atoms with Crippen LogP contribution in [0.5, 0.6) is 0 Å². The molecule has 0 aliphatic carbocycles. The summed E-state index contributed by atoms with van der Waals surface area (Å²) in [5, 5.41) is 13.4. The Morgan fingerprint density at radius 3 is 2.95 bits per heavy atom. The fourth-order valence-electron chi connectivity index (χ4n) is 1.62. The first-order chi connectivity index (χ1) is 10.0. The molecule has 4 nitrogen and oxygen atoms in total. The Morgan fingerprint density at radius 1 is 1.52 bits per heavy atom. The summed E-state index contributed by atoms with van der Waals surface area (Å²) in [6.45, 7) is 6.03. The number of hydrogen-bond acceptors (Lipinski definition) is 4. The number of nitrogens with one attached hydrogen (secondary N) is 1. The number of hydrogen-bond donors (Lipinski definition) is 2. The van der Waals surface area contributed by atoms with Gasteiger partial charge < -0.3 is 15.3 Å². The molecule has 1 aromatic heterocycles. The van der Waals surface area contributed by atoms with Crippen molar-refractivity contribution in [3.05, 3.63) is 21.9 Å². The Balaban J connectivity index is 2.34. The molecule has 0 saturated heterocycles. The third-order valence-electron chi connectivity index (χ3n) is 3.16. The van der Waals surface area contributed by atoms with Gasteiger partial charge in [-0.1, -0.05) is 11.8 Å². The van der Waals surface area contributed by atoms with Crippen molar-refractivity contribution in [2.45, 2.75) is 32.7 Å². The van der Waals surface area contributed by atoms with E-state index in [1.165, 1.54) is 11.3 Å². The molecule has 1 heterocycles. The molecule has 0 saturated carbocycles. The van der Waals surface area contributed by atoms with Gasteiger partial charge in [0, 0.05) is 24.4 Å². The van der Waals surface area contributed by atoms with Crippen LogP contribution in [0.15, 0.2) is 11.4 Å². The second-order valence-electron chi connectivity index (χ2n) is 5.16. The van der Waals surface area contributed by atoms with Crippen molar-refractivity contribution in [1.29, 1.82) is 0 Å². The lowest BCUT2D eigenvalue weighted by molar-refractivity contribution is 0.0952. The van der Waals surface area contributed by atoms with E-state index in [-0.39, 0.29) is 12.5 Å². The Bertz CT molecular complexity index is 500. The highest BCUT2D eigenvalue weighted by molar-refractivity contribution is 7.10. The van der Waals surface area contributed by atoms with Gasteiger partial charge in [-0.2, -0.15) is 0 Å². The van der Waals surface area contributed by atoms with Gasteiger partial charge in [0.15, 0.2) is 0 Å². The predicted molar refractivity (Wildman–Crippen MR) is 87.6 cm³/mol. The molecule has 0 atom stereocenters. The van der Waals surface area contributed by atoms with E-state index >= 15 is 0 Å². The summed E-state index contributed by atoms with van der Waals surface area (Å²) in [5.74, 6) is 5.74. The number of nitrogens with zero attached hydrogens (tertiary/aromatic N) is 1. The molecule has 0 unspecified atom stereocenters. The summed E-state index contributed by atoms with van der Waals surface area (Å²) in [6.07, 6.45) is 1.40. The maximum atomic E-state index is 12.0. The van der Waals surface area contributed by atoms with Crippen molar-refractivity contribution < 1.29 is 9.90 Å². The number of aliphatic hydroxyl groups is 1. The number of rotatable bonds is 7. The van der Waals surface area contributed by atoms with E-state index in [0.29, 0.717) is 24.6 Å². The molecule has 21 heavy (non-hydrogen) atoms. The highest BCUT2D eigenvalue weighted by Crippen LogP contribution is 2.13. The van der Waals surface area contributed by atoms with Crippen molar-refractivity contribution in [1.82, 2.24) is 10.2 Å². The minimum atomic E-state index is -0.0475. The Morgan fingerprint density at radius 2 is 2.29 bits per heavy atom. The first-order valence-electron chi connectivity index (χ1n) is 7.21. The van der Waals surface area contributed by atoms with E-state index < -0.39 is 0 Å². The van der Waals surface area contributed by atoms with Gasteiger partial charge in [-0.15, -0.1) is 11.3 Å². The predicted octanol–water partition coefficient (Wildman–Crippen LogP) is 1.94. The molecule has 0 radical (unpaired) electrons. The first kappa shape index (κ1) is 17.7. The van der Waals surface area contributed by atoms with E-state index in [1.54, 1.807) is 6.07 Å². The lowest BCUT2D eigenvalue weighted by atomic mass is 10.2. The van der Waals surface area contributed by atoms with E-state index in [2.05, 4.69) is 43.0 Å². The first-order valence-corrected chi connectivity index (χ1v) is 8.09. The zero-order valence-corrected chi connectivity index (χ0v) is 13.8. The van der Waals surface area contributed by atoms with Crippen molar-refractivity contribution in [3.8, 4) is 11.8 Å². The Hall–Kier alpha value is -1.35. The van der Waals surface area contributed by atoms with Crippen LogP contribution in [-0.4, -0.2) is 48.7 Å². The lowest BCUT2D eigenvalue weighted by Gasteiger charge is -2.20. The fourth-order valence-corrected chi connectivity index (χ4v) is 2.37.